The van der Waals surface area contributed by atoms with E-state index < -0.39 is 35.9 Å². The molecule has 2 aromatic carbocycles. The molecule has 0 aliphatic carbocycles. The number of halogens is 3. The highest BCUT2D eigenvalue weighted by molar-refractivity contribution is 5.96. The van der Waals surface area contributed by atoms with Gasteiger partial charge in [0.05, 0.1) is 18.8 Å². The van der Waals surface area contributed by atoms with Crippen molar-refractivity contribution < 1.29 is 37.0 Å². The third-order valence-electron chi connectivity index (χ3n) is 3.66. The van der Waals surface area contributed by atoms with Gasteiger partial charge in [-0.1, -0.05) is 12.1 Å². The monoisotopic (exact) mass is 426 g/mol. The number of hydrazine groups is 1. The molecule has 0 spiro atoms. The molecule has 2 N–H and O–H groups in total. The second kappa shape index (κ2) is 9.86. The maximum absolute atomic E-state index is 12.9. The largest absolute Gasteiger partial charge is 0.493 e. The standard InChI is InChI=1S/C20H21F3N2O5/c1-12(2)30-16-9-8-13(10-17(16)28-3)19(27)25-24-18(26)11-29-15-7-5-4-6-14(15)20(21,22)23/h4-10,12H,11H2,1-3H3,(H,24,26)(H,25,27). The number of rotatable bonds is 7. The predicted molar refractivity (Wildman–Crippen MR) is 101 cm³/mol. The second-order valence-electron chi connectivity index (χ2n) is 6.32. The van der Waals surface area contributed by atoms with Crippen LogP contribution >= 0.6 is 0 Å². The van der Waals surface area contributed by atoms with Crippen molar-refractivity contribution in [2.24, 2.45) is 0 Å². The minimum atomic E-state index is -4.62. The van der Waals surface area contributed by atoms with Gasteiger partial charge in [0.15, 0.2) is 18.1 Å². The molecule has 0 fully saturated rings. The van der Waals surface area contributed by atoms with E-state index in [2.05, 4.69) is 10.9 Å². The smallest absolute Gasteiger partial charge is 0.419 e. The van der Waals surface area contributed by atoms with Gasteiger partial charge in [0, 0.05) is 5.56 Å². The lowest BCUT2D eigenvalue weighted by molar-refractivity contribution is -0.139. The number of hydrogen-bond acceptors (Lipinski definition) is 5. The summed E-state index contributed by atoms with van der Waals surface area (Å²) in [5.74, 6) is -1.21. The lowest BCUT2D eigenvalue weighted by atomic mass is 10.2. The van der Waals surface area contributed by atoms with Gasteiger partial charge in [-0.05, 0) is 44.2 Å². The van der Waals surface area contributed by atoms with Gasteiger partial charge in [-0.3, -0.25) is 20.4 Å². The minimum Gasteiger partial charge on any atom is -0.493 e. The topological polar surface area (TPSA) is 85.9 Å². The fraction of sp³-hybridized carbons (Fsp3) is 0.300. The van der Waals surface area contributed by atoms with Gasteiger partial charge in [0.1, 0.15) is 5.75 Å². The number of para-hydroxylation sites is 1. The van der Waals surface area contributed by atoms with E-state index in [1.54, 1.807) is 6.07 Å². The van der Waals surface area contributed by atoms with E-state index in [4.69, 9.17) is 14.2 Å². The number of ether oxygens (including phenoxy) is 3. The van der Waals surface area contributed by atoms with E-state index in [1.807, 2.05) is 13.8 Å². The van der Waals surface area contributed by atoms with Gasteiger partial charge in [-0.2, -0.15) is 13.2 Å². The number of carbonyl (C=O) groups is 2. The summed E-state index contributed by atoms with van der Waals surface area (Å²) in [5, 5.41) is 0. The summed E-state index contributed by atoms with van der Waals surface area (Å²) >= 11 is 0. The number of nitrogens with one attached hydrogen (secondary N) is 2. The lowest BCUT2D eigenvalue weighted by Crippen LogP contribution is -2.43. The molecule has 0 saturated heterocycles. The average molecular weight is 426 g/mol. The maximum Gasteiger partial charge on any atom is 0.419 e. The Morgan fingerprint density at radius 3 is 2.33 bits per heavy atom. The van der Waals surface area contributed by atoms with Gasteiger partial charge >= 0.3 is 6.18 Å². The normalized spacial score (nSPS) is 11.0. The van der Waals surface area contributed by atoms with Crippen LogP contribution in [0.5, 0.6) is 17.2 Å². The molecule has 30 heavy (non-hydrogen) atoms. The first-order valence-corrected chi connectivity index (χ1v) is 8.84. The van der Waals surface area contributed by atoms with E-state index >= 15 is 0 Å². The van der Waals surface area contributed by atoms with E-state index in [0.29, 0.717) is 11.5 Å². The first-order valence-electron chi connectivity index (χ1n) is 8.84. The summed E-state index contributed by atoms with van der Waals surface area (Å²) in [6.07, 6.45) is -4.72. The molecule has 0 radical (unpaired) electrons. The third-order valence-corrected chi connectivity index (χ3v) is 3.66. The number of alkyl halides is 3. The van der Waals surface area contributed by atoms with Crippen molar-refractivity contribution in [3.8, 4) is 17.2 Å². The van der Waals surface area contributed by atoms with Crippen molar-refractivity contribution in [1.82, 2.24) is 10.9 Å². The molecule has 0 saturated carbocycles. The van der Waals surface area contributed by atoms with Crippen LogP contribution in [0.15, 0.2) is 42.5 Å². The Hall–Kier alpha value is -3.43. The zero-order valence-corrected chi connectivity index (χ0v) is 16.5. The van der Waals surface area contributed by atoms with E-state index in [0.717, 1.165) is 12.1 Å². The predicted octanol–water partition coefficient (Wildman–Crippen LogP) is 3.34. The van der Waals surface area contributed by atoms with E-state index in [9.17, 15) is 22.8 Å². The van der Waals surface area contributed by atoms with Crippen molar-refractivity contribution in [3.63, 3.8) is 0 Å². The molecule has 2 aromatic rings. The van der Waals surface area contributed by atoms with Crippen LogP contribution in [-0.4, -0.2) is 31.6 Å². The second-order valence-corrected chi connectivity index (χ2v) is 6.32. The Kier molecular flexibility index (Phi) is 7.51. The highest BCUT2D eigenvalue weighted by Crippen LogP contribution is 2.35. The van der Waals surface area contributed by atoms with Gasteiger partial charge in [0.2, 0.25) is 0 Å². The summed E-state index contributed by atoms with van der Waals surface area (Å²) in [7, 11) is 1.42. The first-order chi connectivity index (χ1) is 14.1. The van der Waals surface area contributed by atoms with Gasteiger partial charge in [-0.15, -0.1) is 0 Å². The third kappa shape index (κ3) is 6.29. The van der Waals surface area contributed by atoms with Crippen molar-refractivity contribution in [3.05, 3.63) is 53.6 Å². The first kappa shape index (κ1) is 22.9. The van der Waals surface area contributed by atoms with Crippen LogP contribution in [0.4, 0.5) is 13.2 Å². The fourth-order valence-electron chi connectivity index (χ4n) is 2.36. The Balaban J connectivity index is 1.93. The zero-order valence-electron chi connectivity index (χ0n) is 16.5. The number of hydrogen-bond donors (Lipinski definition) is 2. The van der Waals surface area contributed by atoms with Crippen LogP contribution in [0, 0.1) is 0 Å². The van der Waals surface area contributed by atoms with Crippen LogP contribution in [0.25, 0.3) is 0 Å². The fourth-order valence-corrected chi connectivity index (χ4v) is 2.36. The number of methoxy groups -OCH3 is 1. The SMILES string of the molecule is COc1cc(C(=O)NNC(=O)COc2ccccc2C(F)(F)F)ccc1OC(C)C. The van der Waals surface area contributed by atoms with Crippen molar-refractivity contribution >= 4 is 11.8 Å². The highest BCUT2D eigenvalue weighted by atomic mass is 19.4. The molecule has 0 heterocycles. The summed E-state index contributed by atoms with van der Waals surface area (Å²) in [5.41, 5.74) is 3.40. The molecule has 0 aliphatic rings. The molecule has 0 unspecified atom stereocenters. The minimum absolute atomic E-state index is 0.0969. The summed E-state index contributed by atoms with van der Waals surface area (Å²) < 4.78 is 54.4. The van der Waals surface area contributed by atoms with Crippen molar-refractivity contribution in [2.75, 3.05) is 13.7 Å². The van der Waals surface area contributed by atoms with Gasteiger partial charge < -0.3 is 14.2 Å². The zero-order chi connectivity index (χ0) is 22.3. The van der Waals surface area contributed by atoms with Crippen LogP contribution in [0.1, 0.15) is 29.8 Å². The van der Waals surface area contributed by atoms with Gasteiger partial charge in [-0.25, -0.2) is 0 Å². The summed E-state index contributed by atoms with van der Waals surface area (Å²) in [4.78, 5) is 24.0. The van der Waals surface area contributed by atoms with Crippen LogP contribution in [-0.2, 0) is 11.0 Å². The van der Waals surface area contributed by atoms with Gasteiger partial charge in [0.25, 0.3) is 11.8 Å². The number of benzene rings is 2. The molecule has 2 rings (SSSR count). The molecule has 10 heteroatoms. The Labute approximate surface area is 171 Å². The van der Waals surface area contributed by atoms with Crippen LogP contribution < -0.4 is 25.1 Å². The van der Waals surface area contributed by atoms with Crippen molar-refractivity contribution in [1.29, 1.82) is 0 Å². The van der Waals surface area contributed by atoms with E-state index in [-0.39, 0.29) is 11.7 Å². The molecule has 0 aromatic heterocycles. The lowest BCUT2D eigenvalue weighted by Gasteiger charge is -2.15. The maximum atomic E-state index is 12.9. The molecule has 0 bridgehead atoms. The quantitative estimate of drug-likeness (QED) is 0.664. The molecule has 2 amide bonds. The molecule has 0 atom stereocenters. The molecule has 7 nitrogen and oxygen atoms in total. The molecular weight excluding hydrogens is 405 g/mol. The average Bonchev–Trinajstić information content (AvgIpc) is 2.69. The van der Waals surface area contributed by atoms with Crippen LogP contribution in [0.2, 0.25) is 0 Å². The Morgan fingerprint density at radius 1 is 1.00 bits per heavy atom. The number of carbonyl (C=O) groups excluding carboxylic acids is 2. The highest BCUT2D eigenvalue weighted by Gasteiger charge is 2.34. The summed E-state index contributed by atoms with van der Waals surface area (Å²) in [6, 6.07) is 8.95. The molecular formula is C20H21F3N2O5. The summed E-state index contributed by atoms with van der Waals surface area (Å²) in [6.45, 7) is 2.95. The molecule has 0 aliphatic heterocycles. The van der Waals surface area contributed by atoms with E-state index in [1.165, 1.54) is 31.4 Å². The van der Waals surface area contributed by atoms with Crippen molar-refractivity contribution in [2.45, 2.75) is 26.1 Å². The Bertz CT molecular complexity index is 900. The Morgan fingerprint density at radius 2 is 1.70 bits per heavy atom. The van der Waals surface area contributed by atoms with Crippen LogP contribution in [0.3, 0.4) is 0 Å². The molecule has 162 valence electrons. The number of amides is 2.